The van der Waals surface area contributed by atoms with Crippen molar-refractivity contribution in [1.82, 2.24) is 9.55 Å². The van der Waals surface area contributed by atoms with Gasteiger partial charge in [-0.1, -0.05) is 24.3 Å². The Bertz CT molecular complexity index is 658. The maximum absolute atomic E-state index is 10.7. The van der Waals surface area contributed by atoms with Crippen LogP contribution in [0.4, 0.5) is 0 Å². The molecule has 1 aromatic heterocycles. The molecular formula is C18H23N3O. The highest BCUT2D eigenvalue weighted by Crippen LogP contribution is 2.42. The highest BCUT2D eigenvalue weighted by Gasteiger charge is 2.33. The summed E-state index contributed by atoms with van der Waals surface area (Å²) in [5.74, 6) is 0.388. The Morgan fingerprint density at radius 2 is 2.00 bits per heavy atom. The Balaban J connectivity index is 1.56. The Labute approximate surface area is 131 Å². The minimum atomic E-state index is -0.265. The lowest BCUT2D eigenvalue weighted by Gasteiger charge is -2.31. The van der Waals surface area contributed by atoms with E-state index in [1.807, 2.05) is 12.5 Å². The highest BCUT2D eigenvalue weighted by atomic mass is 16.3. The second-order valence-electron chi connectivity index (χ2n) is 6.77. The van der Waals surface area contributed by atoms with Gasteiger partial charge in [-0.05, 0) is 43.6 Å². The fourth-order valence-corrected chi connectivity index (χ4v) is 4.12. The van der Waals surface area contributed by atoms with E-state index in [0.717, 1.165) is 32.1 Å². The van der Waals surface area contributed by atoms with Crippen LogP contribution >= 0.6 is 0 Å². The standard InChI is InChI=1S/C18H23N3O/c19-13-7-5-12(6-8-13)18(22)9-16-14-3-1-2-4-15(14)17-10-20-11-21(16)17/h1-4,10-13,16,18,22H,5-9,19H2. The predicted octanol–water partition coefficient (Wildman–Crippen LogP) is 2.72. The minimum absolute atomic E-state index is 0.208. The summed E-state index contributed by atoms with van der Waals surface area (Å²) < 4.78 is 2.21. The number of fused-ring (bicyclic) bond motifs is 3. The first-order chi connectivity index (χ1) is 10.7. The number of aliphatic hydroxyl groups excluding tert-OH is 1. The lowest BCUT2D eigenvalue weighted by Crippen LogP contribution is -2.33. The lowest BCUT2D eigenvalue weighted by atomic mass is 9.80. The van der Waals surface area contributed by atoms with E-state index in [1.54, 1.807) is 0 Å². The van der Waals surface area contributed by atoms with Gasteiger partial charge in [0.25, 0.3) is 0 Å². The van der Waals surface area contributed by atoms with E-state index in [9.17, 15) is 5.11 Å². The monoisotopic (exact) mass is 297 g/mol. The topological polar surface area (TPSA) is 64.1 Å². The van der Waals surface area contributed by atoms with Gasteiger partial charge in [0.15, 0.2) is 0 Å². The summed E-state index contributed by atoms with van der Waals surface area (Å²) in [6, 6.07) is 9.01. The molecule has 116 valence electrons. The quantitative estimate of drug-likeness (QED) is 0.915. The summed E-state index contributed by atoms with van der Waals surface area (Å²) in [6.07, 6.45) is 8.49. The molecule has 4 rings (SSSR count). The van der Waals surface area contributed by atoms with E-state index in [1.165, 1.54) is 16.8 Å². The number of rotatable bonds is 3. The third-order valence-electron chi connectivity index (χ3n) is 5.42. The van der Waals surface area contributed by atoms with Crippen molar-refractivity contribution in [3.8, 4) is 11.3 Å². The number of imidazole rings is 1. The number of benzene rings is 1. The zero-order chi connectivity index (χ0) is 15.1. The van der Waals surface area contributed by atoms with Gasteiger partial charge in [0.2, 0.25) is 0 Å². The first-order valence-corrected chi connectivity index (χ1v) is 8.29. The zero-order valence-corrected chi connectivity index (χ0v) is 12.7. The van der Waals surface area contributed by atoms with Crippen molar-refractivity contribution in [1.29, 1.82) is 0 Å². The zero-order valence-electron chi connectivity index (χ0n) is 12.7. The molecule has 0 bridgehead atoms. The summed E-state index contributed by atoms with van der Waals surface area (Å²) in [4.78, 5) is 4.29. The van der Waals surface area contributed by atoms with Crippen LogP contribution < -0.4 is 5.73 Å². The van der Waals surface area contributed by atoms with Crippen molar-refractivity contribution in [2.24, 2.45) is 11.7 Å². The molecule has 1 saturated carbocycles. The van der Waals surface area contributed by atoms with Gasteiger partial charge < -0.3 is 15.4 Å². The molecule has 4 nitrogen and oxygen atoms in total. The Hall–Kier alpha value is -1.65. The molecular weight excluding hydrogens is 274 g/mol. The number of nitrogens with two attached hydrogens (primary N) is 1. The number of hydrogen-bond acceptors (Lipinski definition) is 3. The molecule has 1 fully saturated rings. The van der Waals surface area contributed by atoms with Gasteiger partial charge >= 0.3 is 0 Å². The maximum Gasteiger partial charge on any atom is 0.0956 e. The molecule has 0 spiro atoms. The summed E-state index contributed by atoms with van der Waals surface area (Å²) in [7, 11) is 0. The molecule has 22 heavy (non-hydrogen) atoms. The van der Waals surface area contributed by atoms with Crippen molar-refractivity contribution in [2.75, 3.05) is 0 Å². The molecule has 2 unspecified atom stereocenters. The van der Waals surface area contributed by atoms with Crippen molar-refractivity contribution in [2.45, 2.75) is 50.3 Å². The summed E-state index contributed by atoms with van der Waals surface area (Å²) in [5, 5.41) is 10.7. The molecule has 0 amide bonds. The van der Waals surface area contributed by atoms with Gasteiger partial charge in [0, 0.05) is 11.6 Å². The molecule has 1 aromatic carbocycles. The molecule has 2 heterocycles. The van der Waals surface area contributed by atoms with Crippen LogP contribution in [0.2, 0.25) is 0 Å². The summed E-state index contributed by atoms with van der Waals surface area (Å²) in [6.45, 7) is 0. The van der Waals surface area contributed by atoms with Gasteiger partial charge in [-0.15, -0.1) is 0 Å². The third kappa shape index (κ3) is 2.27. The van der Waals surface area contributed by atoms with Crippen LogP contribution in [-0.4, -0.2) is 26.8 Å². The number of aliphatic hydroxyl groups is 1. The smallest absolute Gasteiger partial charge is 0.0956 e. The van der Waals surface area contributed by atoms with E-state index in [4.69, 9.17) is 5.73 Å². The first-order valence-electron chi connectivity index (χ1n) is 8.29. The van der Waals surface area contributed by atoms with Crippen LogP contribution in [0.15, 0.2) is 36.8 Å². The van der Waals surface area contributed by atoms with Crippen LogP contribution in [0.25, 0.3) is 11.3 Å². The number of nitrogens with zero attached hydrogens (tertiary/aromatic N) is 2. The Morgan fingerprint density at radius 3 is 2.82 bits per heavy atom. The van der Waals surface area contributed by atoms with E-state index in [2.05, 4.69) is 33.8 Å². The van der Waals surface area contributed by atoms with Gasteiger partial charge in [-0.3, -0.25) is 0 Å². The van der Waals surface area contributed by atoms with Crippen molar-refractivity contribution in [3.63, 3.8) is 0 Å². The van der Waals surface area contributed by atoms with Crippen molar-refractivity contribution < 1.29 is 5.11 Å². The molecule has 1 aliphatic heterocycles. The van der Waals surface area contributed by atoms with Crippen LogP contribution in [0.3, 0.4) is 0 Å². The Kier molecular flexibility index (Phi) is 3.51. The van der Waals surface area contributed by atoms with Crippen LogP contribution in [0.1, 0.15) is 43.7 Å². The second kappa shape index (κ2) is 5.52. The second-order valence-corrected chi connectivity index (χ2v) is 6.77. The van der Waals surface area contributed by atoms with Gasteiger partial charge in [0.1, 0.15) is 0 Å². The number of aromatic nitrogens is 2. The van der Waals surface area contributed by atoms with Gasteiger partial charge in [-0.25, -0.2) is 4.98 Å². The molecule has 3 N–H and O–H groups in total. The first kappa shape index (κ1) is 14.0. The van der Waals surface area contributed by atoms with E-state index in [-0.39, 0.29) is 12.1 Å². The molecule has 0 radical (unpaired) electrons. The average Bonchev–Trinajstić information content (AvgIpc) is 3.11. The predicted molar refractivity (Wildman–Crippen MR) is 86.4 cm³/mol. The maximum atomic E-state index is 10.7. The van der Waals surface area contributed by atoms with E-state index >= 15 is 0 Å². The summed E-state index contributed by atoms with van der Waals surface area (Å²) in [5.41, 5.74) is 9.71. The largest absolute Gasteiger partial charge is 0.393 e. The normalized spacial score (nSPS) is 28.2. The molecule has 1 aliphatic carbocycles. The van der Waals surface area contributed by atoms with Crippen LogP contribution in [0.5, 0.6) is 0 Å². The fourth-order valence-electron chi connectivity index (χ4n) is 4.12. The van der Waals surface area contributed by atoms with Crippen LogP contribution in [0, 0.1) is 5.92 Å². The Morgan fingerprint density at radius 1 is 1.23 bits per heavy atom. The summed E-state index contributed by atoms with van der Waals surface area (Å²) >= 11 is 0. The molecule has 4 heteroatoms. The molecule has 0 saturated heterocycles. The molecule has 2 aromatic rings. The lowest BCUT2D eigenvalue weighted by molar-refractivity contribution is 0.0657. The van der Waals surface area contributed by atoms with Crippen molar-refractivity contribution >= 4 is 0 Å². The fraction of sp³-hybridized carbons (Fsp3) is 0.500. The average molecular weight is 297 g/mol. The van der Waals surface area contributed by atoms with Crippen molar-refractivity contribution in [3.05, 3.63) is 42.4 Å². The molecule has 2 aliphatic rings. The van der Waals surface area contributed by atoms with E-state index in [0.29, 0.717) is 12.0 Å². The number of hydrogen-bond donors (Lipinski definition) is 2. The van der Waals surface area contributed by atoms with Gasteiger partial charge in [0.05, 0.1) is 30.4 Å². The molecule has 2 atom stereocenters. The van der Waals surface area contributed by atoms with Gasteiger partial charge in [-0.2, -0.15) is 0 Å². The highest BCUT2D eigenvalue weighted by molar-refractivity contribution is 5.68. The van der Waals surface area contributed by atoms with E-state index < -0.39 is 0 Å². The van der Waals surface area contributed by atoms with Crippen LogP contribution in [-0.2, 0) is 0 Å². The minimum Gasteiger partial charge on any atom is -0.393 e. The SMILES string of the molecule is NC1CCC(C(O)CC2c3ccccc3-c3cncn32)CC1. The third-order valence-corrected chi connectivity index (χ3v) is 5.42.